The number of para-hydroxylation sites is 1. The predicted molar refractivity (Wildman–Crippen MR) is 74.5 cm³/mol. The quantitative estimate of drug-likeness (QED) is 0.658. The van der Waals surface area contributed by atoms with Crippen molar-refractivity contribution in [3.05, 3.63) is 48.2 Å². The molecular weight excluding hydrogens is 224 g/mol. The van der Waals surface area contributed by atoms with E-state index in [1.807, 2.05) is 31.2 Å². The number of benzene rings is 1. The maximum atomic E-state index is 12.0. The highest BCUT2D eigenvalue weighted by atomic mass is 16.1. The Kier molecular flexibility index (Phi) is 3.42. The van der Waals surface area contributed by atoms with Crippen LogP contribution in [-0.4, -0.2) is 10.8 Å². The first-order valence-electron chi connectivity index (χ1n) is 5.91. The molecule has 0 aliphatic heterocycles. The number of nitrogens with two attached hydrogens (primary N) is 1. The van der Waals surface area contributed by atoms with Crippen molar-refractivity contribution in [2.45, 2.75) is 19.8 Å². The molecule has 2 N–H and O–H groups in total. The fourth-order valence-corrected chi connectivity index (χ4v) is 1.80. The zero-order valence-electron chi connectivity index (χ0n) is 10.4. The lowest BCUT2D eigenvalue weighted by molar-refractivity contribution is 0.0978. The number of nitrogens with zero attached hydrogens (tertiary/aromatic N) is 1. The topological polar surface area (TPSA) is 56.0 Å². The van der Waals surface area contributed by atoms with Gasteiger partial charge in [-0.1, -0.05) is 23.8 Å². The Bertz CT molecular complexity index is 617. The van der Waals surface area contributed by atoms with Gasteiger partial charge < -0.3 is 5.73 Å². The molecule has 0 aliphatic rings. The number of carbonyl (C=O) groups is 1. The van der Waals surface area contributed by atoms with Crippen LogP contribution in [0.15, 0.2) is 42.5 Å². The first kappa shape index (κ1) is 12.3. The minimum absolute atomic E-state index is 0.00968. The van der Waals surface area contributed by atoms with E-state index in [9.17, 15) is 4.79 Å². The number of fused-ring (bicyclic) bond motifs is 1. The third-order valence-corrected chi connectivity index (χ3v) is 2.81. The number of hydrogen-bond donors (Lipinski definition) is 1. The Hall–Kier alpha value is -2.16. The zero-order valence-corrected chi connectivity index (χ0v) is 10.4. The summed E-state index contributed by atoms with van der Waals surface area (Å²) in [5.74, 6) is 0.00968. The molecular formula is C15H16N2O. The van der Waals surface area contributed by atoms with E-state index >= 15 is 0 Å². The normalized spacial score (nSPS) is 10.5. The van der Waals surface area contributed by atoms with E-state index in [0.29, 0.717) is 24.2 Å². The van der Waals surface area contributed by atoms with Crippen LogP contribution >= 0.6 is 0 Å². The number of anilines is 1. The Morgan fingerprint density at radius 2 is 2.06 bits per heavy atom. The summed E-state index contributed by atoms with van der Waals surface area (Å²) >= 11 is 0. The van der Waals surface area contributed by atoms with E-state index in [4.69, 9.17) is 5.73 Å². The summed E-state index contributed by atoms with van der Waals surface area (Å²) < 4.78 is 0. The van der Waals surface area contributed by atoms with Crippen LogP contribution in [-0.2, 0) is 0 Å². The summed E-state index contributed by atoms with van der Waals surface area (Å²) in [6, 6.07) is 9.21. The molecule has 0 unspecified atom stereocenters. The number of Topliss-reactive ketones (excluding diaryl/α,β-unsaturated/α-hetero) is 1. The Balaban J connectivity index is 2.34. The zero-order chi connectivity index (χ0) is 13.1. The molecule has 0 radical (unpaired) electrons. The number of carbonyl (C=O) groups excluding carboxylic acids is 1. The van der Waals surface area contributed by atoms with Crippen LogP contribution in [0.5, 0.6) is 0 Å². The molecule has 92 valence electrons. The van der Waals surface area contributed by atoms with Crippen molar-refractivity contribution in [1.29, 1.82) is 0 Å². The van der Waals surface area contributed by atoms with Gasteiger partial charge in [-0.25, -0.2) is 4.98 Å². The Labute approximate surface area is 106 Å². The van der Waals surface area contributed by atoms with E-state index in [0.717, 1.165) is 16.5 Å². The predicted octanol–water partition coefficient (Wildman–Crippen LogP) is 3.36. The second kappa shape index (κ2) is 5.00. The number of pyridine rings is 1. The molecule has 3 heteroatoms. The molecule has 2 rings (SSSR count). The average Bonchev–Trinajstić information content (AvgIpc) is 2.36. The average molecular weight is 240 g/mol. The lowest BCUT2D eigenvalue weighted by Gasteiger charge is -2.05. The van der Waals surface area contributed by atoms with Gasteiger partial charge in [0, 0.05) is 17.5 Å². The van der Waals surface area contributed by atoms with E-state index < -0.39 is 0 Å². The van der Waals surface area contributed by atoms with E-state index in [1.165, 1.54) is 0 Å². The summed E-state index contributed by atoms with van der Waals surface area (Å²) in [6.07, 6.45) is 1.12. The minimum atomic E-state index is 0.00968. The molecule has 0 bridgehead atoms. The highest BCUT2D eigenvalue weighted by Gasteiger charge is 2.10. The van der Waals surface area contributed by atoms with Crippen LogP contribution in [0.2, 0.25) is 0 Å². The second-order valence-electron chi connectivity index (χ2n) is 4.49. The lowest BCUT2D eigenvalue weighted by atomic mass is 10.1. The molecule has 0 aliphatic carbocycles. The molecule has 18 heavy (non-hydrogen) atoms. The van der Waals surface area contributed by atoms with Crippen molar-refractivity contribution in [1.82, 2.24) is 4.98 Å². The molecule has 0 atom stereocenters. The first-order chi connectivity index (χ1) is 8.58. The van der Waals surface area contributed by atoms with E-state index in [1.54, 1.807) is 6.07 Å². The number of allylic oxidation sites excluding steroid dienone is 1. The summed E-state index contributed by atoms with van der Waals surface area (Å²) in [5, 5.41) is 0.883. The largest absolute Gasteiger partial charge is 0.398 e. The Morgan fingerprint density at radius 3 is 2.78 bits per heavy atom. The molecule has 0 fully saturated rings. The van der Waals surface area contributed by atoms with Crippen LogP contribution in [0.1, 0.15) is 30.3 Å². The van der Waals surface area contributed by atoms with Crippen LogP contribution in [0.25, 0.3) is 10.9 Å². The van der Waals surface area contributed by atoms with Crippen molar-refractivity contribution in [2.75, 3.05) is 5.73 Å². The maximum Gasteiger partial charge on any atom is 0.181 e. The van der Waals surface area contributed by atoms with Gasteiger partial charge in [0.1, 0.15) is 5.69 Å². The monoisotopic (exact) mass is 240 g/mol. The van der Waals surface area contributed by atoms with Gasteiger partial charge in [-0.2, -0.15) is 0 Å². The molecule has 1 aromatic carbocycles. The fourth-order valence-electron chi connectivity index (χ4n) is 1.80. The highest BCUT2D eigenvalue weighted by Crippen LogP contribution is 2.21. The van der Waals surface area contributed by atoms with Crippen LogP contribution in [0.4, 0.5) is 5.69 Å². The van der Waals surface area contributed by atoms with Gasteiger partial charge >= 0.3 is 0 Å². The van der Waals surface area contributed by atoms with Crippen molar-refractivity contribution in [3.63, 3.8) is 0 Å². The molecule has 0 saturated heterocycles. The standard InChI is InChI=1S/C15H16N2O/c1-10(2)7-8-15(18)14-9-12(16)11-5-3-4-6-13(11)17-14/h3-6,9H,1,7-8H2,2H3,(H2,16,17). The maximum absolute atomic E-state index is 12.0. The van der Waals surface area contributed by atoms with E-state index in [2.05, 4.69) is 11.6 Å². The van der Waals surface area contributed by atoms with Gasteiger partial charge in [0.2, 0.25) is 0 Å². The van der Waals surface area contributed by atoms with Crippen LogP contribution in [0.3, 0.4) is 0 Å². The Morgan fingerprint density at radius 1 is 1.33 bits per heavy atom. The van der Waals surface area contributed by atoms with Gasteiger partial charge in [0.05, 0.1) is 5.52 Å². The lowest BCUT2D eigenvalue weighted by Crippen LogP contribution is -2.04. The summed E-state index contributed by atoms with van der Waals surface area (Å²) in [7, 11) is 0. The molecule has 2 aromatic rings. The summed E-state index contributed by atoms with van der Waals surface area (Å²) in [4.78, 5) is 16.3. The van der Waals surface area contributed by atoms with Gasteiger partial charge in [-0.05, 0) is 25.5 Å². The summed E-state index contributed by atoms with van der Waals surface area (Å²) in [5.41, 5.74) is 8.73. The number of ketones is 1. The van der Waals surface area contributed by atoms with Gasteiger partial charge in [-0.15, -0.1) is 6.58 Å². The van der Waals surface area contributed by atoms with Gasteiger partial charge in [0.25, 0.3) is 0 Å². The SMILES string of the molecule is C=C(C)CCC(=O)c1cc(N)c2ccccc2n1. The van der Waals surface area contributed by atoms with Crippen molar-refractivity contribution in [2.24, 2.45) is 0 Å². The molecule has 0 spiro atoms. The van der Waals surface area contributed by atoms with Crippen LogP contribution < -0.4 is 5.73 Å². The van der Waals surface area contributed by atoms with E-state index in [-0.39, 0.29) is 5.78 Å². The smallest absolute Gasteiger partial charge is 0.181 e. The second-order valence-corrected chi connectivity index (χ2v) is 4.49. The number of hydrogen-bond acceptors (Lipinski definition) is 3. The van der Waals surface area contributed by atoms with Crippen molar-refractivity contribution >= 4 is 22.4 Å². The van der Waals surface area contributed by atoms with Gasteiger partial charge in [-0.3, -0.25) is 4.79 Å². The van der Waals surface area contributed by atoms with Crippen LogP contribution in [0, 0.1) is 0 Å². The molecule has 1 heterocycles. The van der Waals surface area contributed by atoms with Gasteiger partial charge in [0.15, 0.2) is 5.78 Å². The number of rotatable bonds is 4. The molecule has 3 nitrogen and oxygen atoms in total. The molecule has 0 saturated carbocycles. The number of nitrogen functional groups attached to an aromatic ring is 1. The highest BCUT2D eigenvalue weighted by molar-refractivity contribution is 6.00. The van der Waals surface area contributed by atoms with Crippen molar-refractivity contribution in [3.8, 4) is 0 Å². The van der Waals surface area contributed by atoms with Crippen molar-refractivity contribution < 1.29 is 4.79 Å². The fraction of sp³-hybridized carbons (Fsp3) is 0.200. The summed E-state index contributed by atoms with van der Waals surface area (Å²) in [6.45, 7) is 5.70. The number of aromatic nitrogens is 1. The molecule has 1 aromatic heterocycles. The first-order valence-corrected chi connectivity index (χ1v) is 5.91. The minimum Gasteiger partial charge on any atom is -0.398 e. The third kappa shape index (κ3) is 2.56. The third-order valence-electron chi connectivity index (χ3n) is 2.81. The molecule has 0 amide bonds.